The molecule has 1 heterocycles. The van der Waals surface area contributed by atoms with Crippen molar-refractivity contribution in [3.63, 3.8) is 0 Å². The molecule has 2 atom stereocenters. The second-order valence-corrected chi connectivity index (χ2v) is 10.9. The molecule has 1 saturated heterocycles. The first-order chi connectivity index (χ1) is 17.1. The fourth-order valence-corrected chi connectivity index (χ4v) is 6.80. The van der Waals surface area contributed by atoms with E-state index in [0.29, 0.717) is 17.4 Å². The zero-order valence-corrected chi connectivity index (χ0v) is 20.4. The number of phenolic OH excluding ortho intramolecular Hbond substituents is 2. The van der Waals surface area contributed by atoms with Crippen molar-refractivity contribution in [1.29, 1.82) is 0 Å². The van der Waals surface area contributed by atoms with Gasteiger partial charge in [0.15, 0.2) is 0 Å². The van der Waals surface area contributed by atoms with Gasteiger partial charge < -0.3 is 14.9 Å². The summed E-state index contributed by atoms with van der Waals surface area (Å²) < 4.78 is 6.05. The molecule has 0 aromatic heterocycles. The van der Waals surface area contributed by atoms with Crippen LogP contribution in [-0.2, 0) is 25.7 Å². The molecule has 2 unspecified atom stereocenters. The van der Waals surface area contributed by atoms with Crippen molar-refractivity contribution in [2.24, 2.45) is 5.41 Å². The summed E-state index contributed by atoms with van der Waals surface area (Å²) in [6, 6.07) is 20.4. The van der Waals surface area contributed by atoms with E-state index in [1.54, 1.807) is 0 Å². The molecule has 1 spiro atoms. The molecular formula is C31H35NO3. The molecule has 6 rings (SSSR count). The maximum absolute atomic E-state index is 10.3. The largest absolute Gasteiger partial charge is 0.508 e. The van der Waals surface area contributed by atoms with E-state index in [9.17, 15) is 10.2 Å². The second kappa shape index (κ2) is 9.23. The van der Waals surface area contributed by atoms with E-state index in [4.69, 9.17) is 4.74 Å². The molecule has 2 N–H and O–H groups in total. The smallest absolute Gasteiger partial charge is 0.119 e. The third-order valence-electron chi connectivity index (χ3n) is 8.55. The van der Waals surface area contributed by atoms with Crippen molar-refractivity contribution < 1.29 is 14.9 Å². The summed E-state index contributed by atoms with van der Waals surface area (Å²) in [5, 5.41) is 20.3. The van der Waals surface area contributed by atoms with Crippen LogP contribution in [0.25, 0.3) is 0 Å². The van der Waals surface area contributed by atoms with Crippen molar-refractivity contribution in [2.45, 2.75) is 50.9 Å². The van der Waals surface area contributed by atoms with E-state index in [1.165, 1.54) is 60.2 Å². The first-order valence-electron chi connectivity index (χ1n) is 13.1. The third kappa shape index (κ3) is 4.52. The molecule has 3 aliphatic rings. The molecule has 3 aromatic carbocycles. The molecular weight excluding hydrogens is 434 g/mol. The number of fused-ring (bicyclic) bond motifs is 2. The zero-order valence-electron chi connectivity index (χ0n) is 20.4. The summed E-state index contributed by atoms with van der Waals surface area (Å²) in [4.78, 5) is 2.50. The van der Waals surface area contributed by atoms with Crippen LogP contribution in [0.15, 0.2) is 60.7 Å². The Morgan fingerprint density at radius 1 is 0.771 bits per heavy atom. The summed E-state index contributed by atoms with van der Waals surface area (Å²) in [5.41, 5.74) is 6.64. The number of rotatable bonds is 6. The Labute approximate surface area is 208 Å². The highest BCUT2D eigenvalue weighted by atomic mass is 16.5. The number of likely N-dealkylation sites (tertiary alicyclic amines) is 1. The fourth-order valence-electron chi connectivity index (χ4n) is 6.80. The van der Waals surface area contributed by atoms with Crippen molar-refractivity contribution in [2.75, 3.05) is 26.2 Å². The minimum Gasteiger partial charge on any atom is -0.508 e. The quantitative estimate of drug-likeness (QED) is 0.491. The van der Waals surface area contributed by atoms with Crippen LogP contribution in [0.3, 0.4) is 0 Å². The van der Waals surface area contributed by atoms with E-state index in [1.807, 2.05) is 24.3 Å². The zero-order chi connectivity index (χ0) is 23.8. The number of nitrogens with zero attached hydrogens (tertiary/aromatic N) is 1. The molecule has 0 radical (unpaired) electrons. The molecule has 4 nitrogen and oxygen atoms in total. The molecule has 1 fully saturated rings. The van der Waals surface area contributed by atoms with E-state index < -0.39 is 0 Å². The average molecular weight is 470 g/mol. The minimum absolute atomic E-state index is 0.0931. The molecule has 0 saturated carbocycles. The van der Waals surface area contributed by atoms with Gasteiger partial charge in [-0.1, -0.05) is 30.7 Å². The second-order valence-electron chi connectivity index (χ2n) is 10.9. The lowest BCUT2D eigenvalue weighted by Crippen LogP contribution is -2.33. The van der Waals surface area contributed by atoms with E-state index >= 15 is 0 Å². The number of ether oxygens (including phenoxy) is 1. The fraction of sp³-hybridized carbons (Fsp3) is 0.419. The SMILES string of the molecule is Oc1ccc2c(c1)CC1(C2)Cc2ccc(O)cc2C1Cc1ccc(OCCN2CCCCC2)cc1. The van der Waals surface area contributed by atoms with Crippen LogP contribution in [0.4, 0.5) is 0 Å². The summed E-state index contributed by atoms with van der Waals surface area (Å²) in [5.74, 6) is 1.96. The van der Waals surface area contributed by atoms with Gasteiger partial charge in [0.1, 0.15) is 23.9 Å². The van der Waals surface area contributed by atoms with Gasteiger partial charge in [-0.05, 0) is 127 Å². The Balaban J connectivity index is 1.18. The van der Waals surface area contributed by atoms with Crippen molar-refractivity contribution in [3.05, 3.63) is 88.5 Å². The van der Waals surface area contributed by atoms with Gasteiger partial charge in [-0.15, -0.1) is 0 Å². The number of phenols is 2. The van der Waals surface area contributed by atoms with E-state index in [0.717, 1.165) is 44.6 Å². The van der Waals surface area contributed by atoms with Crippen LogP contribution in [-0.4, -0.2) is 41.4 Å². The van der Waals surface area contributed by atoms with Gasteiger partial charge in [0.05, 0.1) is 0 Å². The number of hydrogen-bond acceptors (Lipinski definition) is 4. The van der Waals surface area contributed by atoms with E-state index in [2.05, 4.69) is 41.3 Å². The topological polar surface area (TPSA) is 52.9 Å². The molecule has 0 amide bonds. The van der Waals surface area contributed by atoms with Gasteiger partial charge in [-0.25, -0.2) is 0 Å². The first-order valence-corrected chi connectivity index (χ1v) is 13.1. The Bertz CT molecular complexity index is 1190. The number of benzene rings is 3. The van der Waals surface area contributed by atoms with Crippen LogP contribution >= 0.6 is 0 Å². The number of aromatic hydroxyl groups is 2. The predicted molar refractivity (Wildman–Crippen MR) is 138 cm³/mol. The Hall–Kier alpha value is -2.98. The molecule has 3 aromatic rings. The van der Waals surface area contributed by atoms with Gasteiger partial charge in [0.2, 0.25) is 0 Å². The van der Waals surface area contributed by atoms with Gasteiger partial charge in [-0.3, -0.25) is 4.90 Å². The summed E-state index contributed by atoms with van der Waals surface area (Å²) in [6.07, 6.45) is 7.91. The standard InChI is InChI=1S/C31H35NO3/c33-26-8-6-23-19-31(21-25(23)17-26)20-24-7-9-27(34)18-29(24)30(31)16-22-4-10-28(11-5-22)35-15-14-32-12-2-1-3-13-32/h4-11,17-18,30,33-34H,1-3,12-16,19-21H2. The minimum atomic E-state index is 0.0931. The highest BCUT2D eigenvalue weighted by molar-refractivity contribution is 5.49. The molecule has 35 heavy (non-hydrogen) atoms. The summed E-state index contributed by atoms with van der Waals surface area (Å²) >= 11 is 0. The lowest BCUT2D eigenvalue weighted by atomic mass is 9.71. The predicted octanol–water partition coefficient (Wildman–Crippen LogP) is 5.63. The van der Waals surface area contributed by atoms with Crippen molar-refractivity contribution in [3.8, 4) is 17.2 Å². The van der Waals surface area contributed by atoms with Crippen LogP contribution in [0.1, 0.15) is 53.0 Å². The highest BCUT2D eigenvalue weighted by Gasteiger charge is 2.49. The summed E-state index contributed by atoms with van der Waals surface area (Å²) in [6.45, 7) is 4.14. The Kier molecular flexibility index (Phi) is 5.93. The maximum Gasteiger partial charge on any atom is 0.119 e. The van der Waals surface area contributed by atoms with Crippen molar-refractivity contribution in [1.82, 2.24) is 4.90 Å². The molecule has 1 aliphatic heterocycles. The molecule has 4 heteroatoms. The Morgan fingerprint density at radius 2 is 1.46 bits per heavy atom. The lowest BCUT2D eigenvalue weighted by molar-refractivity contribution is 0.183. The summed E-state index contributed by atoms with van der Waals surface area (Å²) in [7, 11) is 0. The first kappa shape index (κ1) is 22.5. The van der Waals surface area contributed by atoms with Crippen LogP contribution in [0, 0.1) is 5.41 Å². The third-order valence-corrected chi connectivity index (χ3v) is 8.55. The van der Waals surface area contributed by atoms with E-state index in [-0.39, 0.29) is 5.41 Å². The average Bonchev–Trinajstić information content (AvgIpc) is 3.36. The molecule has 2 aliphatic carbocycles. The highest BCUT2D eigenvalue weighted by Crippen LogP contribution is 2.56. The number of hydrogen-bond donors (Lipinski definition) is 2. The monoisotopic (exact) mass is 469 g/mol. The van der Waals surface area contributed by atoms with Gasteiger partial charge in [-0.2, -0.15) is 0 Å². The molecule has 0 bridgehead atoms. The maximum atomic E-state index is 10.3. The van der Waals surface area contributed by atoms with Crippen molar-refractivity contribution >= 4 is 0 Å². The van der Waals surface area contributed by atoms with Crippen LogP contribution in [0.2, 0.25) is 0 Å². The van der Waals surface area contributed by atoms with Crippen LogP contribution < -0.4 is 4.74 Å². The number of piperidine rings is 1. The van der Waals surface area contributed by atoms with Gasteiger partial charge >= 0.3 is 0 Å². The van der Waals surface area contributed by atoms with Gasteiger partial charge in [0.25, 0.3) is 0 Å². The van der Waals surface area contributed by atoms with Crippen LogP contribution in [0.5, 0.6) is 17.2 Å². The lowest BCUT2D eigenvalue weighted by Gasteiger charge is -2.32. The molecule has 182 valence electrons. The normalized spacial score (nSPS) is 23.4. The Morgan fingerprint density at radius 3 is 2.26 bits per heavy atom. The van der Waals surface area contributed by atoms with Gasteiger partial charge in [0, 0.05) is 6.54 Å².